The topological polar surface area (TPSA) is 106 Å². The molecule has 0 bridgehead atoms. The summed E-state index contributed by atoms with van der Waals surface area (Å²) in [6, 6.07) is 2.87. The molecule has 0 aromatic carbocycles. The summed E-state index contributed by atoms with van der Waals surface area (Å²) in [4.78, 5) is 14.5. The van der Waals surface area contributed by atoms with Crippen LogP contribution < -0.4 is 16.6 Å². The van der Waals surface area contributed by atoms with Gasteiger partial charge < -0.3 is 10.7 Å². The molecule has 7 heteroatoms. The molecule has 18 heavy (non-hydrogen) atoms. The lowest BCUT2D eigenvalue weighted by Crippen LogP contribution is -2.13. The van der Waals surface area contributed by atoms with Gasteiger partial charge >= 0.3 is 5.69 Å². The van der Waals surface area contributed by atoms with Gasteiger partial charge in [-0.05, 0) is 23.8 Å². The van der Waals surface area contributed by atoms with Crippen molar-refractivity contribution >= 4 is 17.3 Å². The minimum atomic E-state index is -0.451. The second kappa shape index (κ2) is 4.41. The van der Waals surface area contributed by atoms with E-state index in [2.05, 4.69) is 29.6 Å². The predicted octanol–water partition coefficient (Wildman–Crippen LogP) is 1.73. The second-order valence-corrected chi connectivity index (χ2v) is 5.24. The Morgan fingerprint density at radius 3 is 2.78 bits per heavy atom. The minimum Gasteiger partial charge on any atom is -0.364 e. The lowest BCUT2D eigenvalue weighted by molar-refractivity contribution is -0.384. The van der Waals surface area contributed by atoms with Crippen molar-refractivity contribution in [1.29, 1.82) is 0 Å². The zero-order chi connectivity index (χ0) is 13.3. The van der Waals surface area contributed by atoms with Gasteiger partial charge in [-0.25, -0.2) is 10.8 Å². The highest BCUT2D eigenvalue weighted by molar-refractivity contribution is 5.60. The van der Waals surface area contributed by atoms with Crippen LogP contribution >= 0.6 is 0 Å². The molecule has 0 radical (unpaired) electrons. The molecule has 1 aromatic rings. The number of rotatable bonds is 5. The van der Waals surface area contributed by atoms with Gasteiger partial charge in [0.2, 0.25) is 5.82 Å². The van der Waals surface area contributed by atoms with Crippen LogP contribution in [0.2, 0.25) is 0 Å². The number of nitrogens with one attached hydrogen (secondary N) is 2. The quantitative estimate of drug-likeness (QED) is 0.418. The zero-order valence-corrected chi connectivity index (χ0v) is 10.4. The molecule has 1 aliphatic carbocycles. The van der Waals surface area contributed by atoms with E-state index in [4.69, 9.17) is 5.84 Å². The molecule has 1 atom stereocenters. The van der Waals surface area contributed by atoms with Crippen LogP contribution in [0.25, 0.3) is 0 Å². The summed E-state index contributed by atoms with van der Waals surface area (Å²) in [5.74, 6) is 6.44. The van der Waals surface area contributed by atoms with Gasteiger partial charge in [-0.3, -0.25) is 10.1 Å². The van der Waals surface area contributed by atoms with Gasteiger partial charge in [0.05, 0.1) is 4.92 Å². The Hall–Kier alpha value is -1.89. The predicted molar refractivity (Wildman–Crippen MR) is 69.1 cm³/mol. The standard InChI is InChI=1S/C11H17N5O2/c1-11(2)5-7(11)6-13-10-8(16(17)18)3-4-9(14-10)15-12/h3-4,7H,5-6,12H2,1-2H3,(H2,13,14,15). The summed E-state index contributed by atoms with van der Waals surface area (Å²) in [5, 5.41) is 13.9. The smallest absolute Gasteiger partial charge is 0.311 e. The molecule has 4 N–H and O–H groups in total. The largest absolute Gasteiger partial charge is 0.364 e. The summed E-state index contributed by atoms with van der Waals surface area (Å²) in [6.07, 6.45) is 1.13. The van der Waals surface area contributed by atoms with Gasteiger partial charge in [0.15, 0.2) is 0 Å². The number of hydrogen-bond donors (Lipinski definition) is 3. The van der Waals surface area contributed by atoms with Crippen LogP contribution in [-0.2, 0) is 0 Å². The monoisotopic (exact) mass is 251 g/mol. The third kappa shape index (κ3) is 2.51. The summed E-state index contributed by atoms with van der Waals surface area (Å²) < 4.78 is 0. The minimum absolute atomic E-state index is 0.0348. The van der Waals surface area contributed by atoms with E-state index in [1.807, 2.05) is 0 Å². The third-order valence-electron chi connectivity index (χ3n) is 3.45. The highest BCUT2D eigenvalue weighted by Crippen LogP contribution is 2.51. The molecule has 1 saturated carbocycles. The van der Waals surface area contributed by atoms with Crippen LogP contribution in [0.3, 0.4) is 0 Å². The van der Waals surface area contributed by atoms with Crippen molar-refractivity contribution in [3.05, 3.63) is 22.2 Å². The highest BCUT2D eigenvalue weighted by Gasteiger charge is 2.45. The number of hydrazine groups is 1. The maximum Gasteiger partial charge on any atom is 0.311 e. The molecule has 0 saturated heterocycles. The lowest BCUT2D eigenvalue weighted by Gasteiger charge is -2.08. The molecule has 1 aromatic heterocycles. The van der Waals surface area contributed by atoms with Gasteiger partial charge in [-0.15, -0.1) is 0 Å². The number of hydrogen-bond acceptors (Lipinski definition) is 6. The first kappa shape index (κ1) is 12.6. The molecule has 1 unspecified atom stereocenters. The highest BCUT2D eigenvalue weighted by atomic mass is 16.6. The first-order valence-electron chi connectivity index (χ1n) is 5.80. The molecular formula is C11H17N5O2. The number of anilines is 2. The molecule has 1 fully saturated rings. The average Bonchev–Trinajstić information content (AvgIpc) is 2.93. The van der Waals surface area contributed by atoms with Crippen molar-refractivity contribution in [3.8, 4) is 0 Å². The van der Waals surface area contributed by atoms with Crippen molar-refractivity contribution in [2.45, 2.75) is 20.3 Å². The fraction of sp³-hybridized carbons (Fsp3) is 0.545. The molecule has 1 aliphatic rings. The van der Waals surface area contributed by atoms with Gasteiger partial charge in [0, 0.05) is 12.6 Å². The van der Waals surface area contributed by atoms with Crippen molar-refractivity contribution in [2.75, 3.05) is 17.3 Å². The van der Waals surface area contributed by atoms with Crippen molar-refractivity contribution in [2.24, 2.45) is 17.2 Å². The number of nitrogens with two attached hydrogens (primary N) is 1. The molecule has 0 aliphatic heterocycles. The molecule has 98 valence electrons. The van der Waals surface area contributed by atoms with Crippen LogP contribution in [0.4, 0.5) is 17.3 Å². The van der Waals surface area contributed by atoms with E-state index in [9.17, 15) is 10.1 Å². The second-order valence-electron chi connectivity index (χ2n) is 5.24. The zero-order valence-electron chi connectivity index (χ0n) is 10.4. The Bertz CT molecular complexity index is 475. The van der Waals surface area contributed by atoms with Gasteiger partial charge in [0.1, 0.15) is 5.82 Å². The molecular weight excluding hydrogens is 234 g/mol. The van der Waals surface area contributed by atoms with Gasteiger partial charge in [-0.2, -0.15) is 0 Å². The van der Waals surface area contributed by atoms with E-state index in [0.29, 0.717) is 23.7 Å². The van der Waals surface area contributed by atoms with Crippen LogP contribution in [0, 0.1) is 21.4 Å². The van der Waals surface area contributed by atoms with E-state index >= 15 is 0 Å². The first-order chi connectivity index (χ1) is 8.44. The number of nitrogen functional groups attached to an aromatic ring is 1. The van der Waals surface area contributed by atoms with E-state index < -0.39 is 4.92 Å². The Morgan fingerprint density at radius 1 is 1.61 bits per heavy atom. The number of pyridine rings is 1. The van der Waals surface area contributed by atoms with Crippen molar-refractivity contribution < 1.29 is 4.92 Å². The fourth-order valence-corrected chi connectivity index (χ4v) is 1.95. The Morgan fingerprint density at radius 2 is 2.28 bits per heavy atom. The summed E-state index contributed by atoms with van der Waals surface area (Å²) >= 11 is 0. The molecule has 0 spiro atoms. The molecule has 0 amide bonds. The van der Waals surface area contributed by atoms with E-state index in [0.717, 1.165) is 6.42 Å². The fourth-order valence-electron chi connectivity index (χ4n) is 1.95. The van der Waals surface area contributed by atoms with Crippen molar-refractivity contribution in [3.63, 3.8) is 0 Å². The Balaban J connectivity index is 2.11. The van der Waals surface area contributed by atoms with Gasteiger partial charge in [0.25, 0.3) is 0 Å². The SMILES string of the molecule is CC1(C)CC1CNc1nc(NN)ccc1[N+](=O)[O-]. The van der Waals surface area contributed by atoms with Crippen LogP contribution in [0.1, 0.15) is 20.3 Å². The lowest BCUT2D eigenvalue weighted by atomic mass is 10.1. The van der Waals surface area contributed by atoms with Crippen LogP contribution in [0.15, 0.2) is 12.1 Å². The Kier molecular flexibility index (Phi) is 3.08. The summed E-state index contributed by atoms with van der Waals surface area (Å²) in [6.45, 7) is 5.05. The van der Waals surface area contributed by atoms with Crippen molar-refractivity contribution in [1.82, 2.24) is 4.98 Å². The number of nitrogens with zero attached hydrogens (tertiary/aromatic N) is 2. The normalized spacial score (nSPS) is 20.3. The van der Waals surface area contributed by atoms with Crippen LogP contribution in [-0.4, -0.2) is 16.5 Å². The molecule has 7 nitrogen and oxygen atoms in total. The number of aromatic nitrogens is 1. The van der Waals surface area contributed by atoms with Gasteiger partial charge in [-0.1, -0.05) is 13.8 Å². The van der Waals surface area contributed by atoms with E-state index in [-0.39, 0.29) is 11.5 Å². The van der Waals surface area contributed by atoms with Crippen LogP contribution in [0.5, 0.6) is 0 Å². The molecule has 1 heterocycles. The maximum absolute atomic E-state index is 10.9. The molecule has 2 rings (SSSR count). The first-order valence-corrected chi connectivity index (χ1v) is 5.80. The van der Waals surface area contributed by atoms with E-state index in [1.165, 1.54) is 12.1 Å². The maximum atomic E-state index is 10.9. The Labute approximate surface area is 105 Å². The number of nitro groups is 1. The summed E-state index contributed by atoms with van der Waals surface area (Å²) in [5.41, 5.74) is 2.67. The van der Waals surface area contributed by atoms with E-state index in [1.54, 1.807) is 0 Å². The average molecular weight is 251 g/mol. The third-order valence-corrected chi connectivity index (χ3v) is 3.45. The summed E-state index contributed by atoms with van der Waals surface area (Å²) in [7, 11) is 0.